The molecule has 0 N–H and O–H groups in total. The summed E-state index contributed by atoms with van der Waals surface area (Å²) in [6.07, 6.45) is 2.28. The molecule has 0 saturated heterocycles. The maximum atomic E-state index is 13.4. The molecule has 0 aromatic rings. The maximum absolute atomic E-state index is 13.4. The van der Waals surface area contributed by atoms with Crippen LogP contribution in [0.2, 0.25) is 0 Å². The largest absolute Gasteiger partial charge is 0.303 e. The van der Waals surface area contributed by atoms with E-state index in [2.05, 4.69) is 46.4 Å². The van der Waals surface area contributed by atoms with Crippen LogP contribution in [0.4, 0.5) is 0 Å². The summed E-state index contributed by atoms with van der Waals surface area (Å²) in [7, 11) is -3.47. The SMILES string of the molecule is CCN(CC)CCN(CC(C)C)S(=O)(=O)CC12CCC(CC1=O)C2(C)C. The van der Waals surface area contributed by atoms with E-state index in [0.29, 0.717) is 25.4 Å². The molecule has 0 amide bonds. The Morgan fingerprint density at radius 2 is 1.77 bits per heavy atom. The molecule has 0 aromatic carbocycles. The van der Waals surface area contributed by atoms with E-state index in [9.17, 15) is 13.2 Å². The molecule has 0 aromatic heterocycles. The van der Waals surface area contributed by atoms with Gasteiger partial charge in [0.15, 0.2) is 0 Å². The lowest BCUT2D eigenvalue weighted by Gasteiger charge is -2.38. The fourth-order valence-electron chi connectivity index (χ4n) is 5.05. The maximum Gasteiger partial charge on any atom is 0.215 e. The fourth-order valence-corrected chi connectivity index (χ4v) is 7.42. The van der Waals surface area contributed by atoms with E-state index in [1.165, 1.54) is 0 Å². The molecule has 0 heterocycles. The molecule has 0 spiro atoms. The van der Waals surface area contributed by atoms with Gasteiger partial charge < -0.3 is 4.90 Å². The molecule has 0 aliphatic heterocycles. The standard InChI is InChI=1S/C20H38N2O3S/c1-7-21(8-2)11-12-22(14-16(3)4)26(24,25)15-20-10-9-17(13-18(20)23)19(20,5)6/h16-17H,7-15H2,1-6H3. The van der Waals surface area contributed by atoms with Gasteiger partial charge in [-0.3, -0.25) is 4.79 Å². The number of Topliss-reactive ketones (excluding diaryl/α,β-unsaturated/α-hetero) is 1. The van der Waals surface area contributed by atoms with Crippen molar-refractivity contribution < 1.29 is 13.2 Å². The van der Waals surface area contributed by atoms with Crippen molar-refractivity contribution in [2.24, 2.45) is 22.7 Å². The molecular formula is C20H38N2O3S. The summed E-state index contributed by atoms with van der Waals surface area (Å²) in [5.74, 6) is 0.783. The molecule has 2 aliphatic rings. The van der Waals surface area contributed by atoms with Gasteiger partial charge in [-0.05, 0) is 43.2 Å². The second-order valence-corrected chi connectivity index (χ2v) is 11.2. The molecule has 2 atom stereocenters. The number of hydrogen-bond donors (Lipinski definition) is 0. The van der Waals surface area contributed by atoms with E-state index >= 15 is 0 Å². The first kappa shape index (κ1) is 21.8. The average Bonchev–Trinajstić information content (AvgIpc) is 2.88. The van der Waals surface area contributed by atoms with Gasteiger partial charge in [0.05, 0.1) is 5.75 Å². The highest BCUT2D eigenvalue weighted by atomic mass is 32.2. The van der Waals surface area contributed by atoms with Gasteiger partial charge in [-0.25, -0.2) is 12.7 Å². The lowest BCUT2D eigenvalue weighted by molar-refractivity contribution is -0.128. The molecule has 5 nitrogen and oxygen atoms in total. The van der Waals surface area contributed by atoms with Crippen molar-refractivity contribution in [1.29, 1.82) is 0 Å². The Morgan fingerprint density at radius 1 is 1.15 bits per heavy atom. The molecule has 2 rings (SSSR count). The highest BCUT2D eigenvalue weighted by Crippen LogP contribution is 2.64. The summed E-state index contributed by atoms with van der Waals surface area (Å²) in [6, 6.07) is 0. The van der Waals surface area contributed by atoms with Crippen LogP contribution in [0.15, 0.2) is 0 Å². The second kappa shape index (κ2) is 7.88. The Balaban J connectivity index is 2.22. The number of rotatable bonds is 10. The van der Waals surface area contributed by atoms with Crippen LogP contribution in [0.1, 0.15) is 60.8 Å². The molecule has 2 bridgehead atoms. The Kier molecular flexibility index (Phi) is 6.62. The van der Waals surface area contributed by atoms with Gasteiger partial charge in [-0.1, -0.05) is 41.5 Å². The summed E-state index contributed by atoms with van der Waals surface area (Å²) in [5.41, 5.74) is -0.888. The monoisotopic (exact) mass is 386 g/mol. The molecule has 2 fully saturated rings. The van der Waals surface area contributed by atoms with E-state index in [4.69, 9.17) is 0 Å². The third kappa shape index (κ3) is 3.88. The van der Waals surface area contributed by atoms with Crippen molar-refractivity contribution in [3.8, 4) is 0 Å². The Labute approximate surface area is 160 Å². The average molecular weight is 387 g/mol. The van der Waals surface area contributed by atoms with E-state index in [-0.39, 0.29) is 22.9 Å². The van der Waals surface area contributed by atoms with Crippen LogP contribution >= 0.6 is 0 Å². The number of carbonyl (C=O) groups is 1. The van der Waals surface area contributed by atoms with Gasteiger partial charge in [-0.15, -0.1) is 0 Å². The summed E-state index contributed by atoms with van der Waals surface area (Å²) in [5, 5.41) is 0. The van der Waals surface area contributed by atoms with Gasteiger partial charge in [0.1, 0.15) is 5.78 Å². The van der Waals surface area contributed by atoms with Crippen molar-refractivity contribution in [1.82, 2.24) is 9.21 Å². The van der Waals surface area contributed by atoms with Gasteiger partial charge in [0.25, 0.3) is 0 Å². The normalized spacial score (nSPS) is 28.0. The summed E-state index contributed by atoms with van der Waals surface area (Å²) >= 11 is 0. The van der Waals surface area contributed by atoms with Crippen LogP contribution in [0.3, 0.4) is 0 Å². The van der Waals surface area contributed by atoms with Crippen LogP contribution in [0.25, 0.3) is 0 Å². The molecule has 152 valence electrons. The lowest BCUT2D eigenvalue weighted by atomic mass is 9.70. The minimum Gasteiger partial charge on any atom is -0.303 e. The Bertz CT molecular complexity index is 611. The van der Waals surface area contributed by atoms with Gasteiger partial charge in [-0.2, -0.15) is 0 Å². The molecule has 2 unspecified atom stereocenters. The number of ketones is 1. The van der Waals surface area contributed by atoms with E-state index in [1.54, 1.807) is 4.31 Å². The van der Waals surface area contributed by atoms with Crippen molar-refractivity contribution in [2.45, 2.75) is 60.8 Å². The van der Waals surface area contributed by atoms with Gasteiger partial charge in [0, 0.05) is 31.5 Å². The molecule has 2 saturated carbocycles. The summed E-state index contributed by atoms with van der Waals surface area (Å²) in [6.45, 7) is 16.1. The predicted octanol–water partition coefficient (Wildman–Crippen LogP) is 3.01. The van der Waals surface area contributed by atoms with Crippen molar-refractivity contribution in [3.63, 3.8) is 0 Å². The summed E-state index contributed by atoms with van der Waals surface area (Å²) < 4.78 is 28.4. The van der Waals surface area contributed by atoms with Crippen LogP contribution in [-0.2, 0) is 14.8 Å². The zero-order valence-electron chi connectivity index (χ0n) is 17.5. The number of carbonyl (C=O) groups excluding carboxylic acids is 1. The molecule has 6 heteroatoms. The fraction of sp³-hybridized carbons (Fsp3) is 0.950. The Hall–Kier alpha value is -0.460. The third-order valence-corrected chi connectivity index (χ3v) is 9.07. The van der Waals surface area contributed by atoms with Crippen LogP contribution in [-0.4, -0.2) is 61.9 Å². The van der Waals surface area contributed by atoms with Crippen molar-refractivity contribution in [3.05, 3.63) is 0 Å². The zero-order chi connectivity index (χ0) is 19.8. The first-order valence-electron chi connectivity index (χ1n) is 10.2. The smallest absolute Gasteiger partial charge is 0.215 e. The molecule has 26 heavy (non-hydrogen) atoms. The third-order valence-electron chi connectivity index (χ3n) is 7.09. The zero-order valence-corrected chi connectivity index (χ0v) is 18.4. The minimum atomic E-state index is -3.47. The topological polar surface area (TPSA) is 57.7 Å². The highest BCUT2D eigenvalue weighted by Gasteiger charge is 2.65. The van der Waals surface area contributed by atoms with Gasteiger partial charge in [0.2, 0.25) is 10.0 Å². The minimum absolute atomic E-state index is 0.00664. The van der Waals surface area contributed by atoms with Crippen molar-refractivity contribution in [2.75, 3.05) is 38.5 Å². The number of fused-ring (bicyclic) bond motifs is 2. The van der Waals surface area contributed by atoms with Gasteiger partial charge >= 0.3 is 0 Å². The number of likely N-dealkylation sites (N-methyl/N-ethyl adjacent to an activating group) is 1. The second-order valence-electron chi connectivity index (χ2n) is 9.20. The molecule has 0 radical (unpaired) electrons. The van der Waals surface area contributed by atoms with E-state index in [1.807, 2.05) is 0 Å². The lowest BCUT2D eigenvalue weighted by Crippen LogP contribution is -2.48. The van der Waals surface area contributed by atoms with Crippen LogP contribution in [0, 0.1) is 22.7 Å². The van der Waals surface area contributed by atoms with Crippen LogP contribution in [0.5, 0.6) is 0 Å². The first-order valence-corrected chi connectivity index (χ1v) is 11.8. The first-order chi connectivity index (χ1) is 12.0. The Morgan fingerprint density at radius 3 is 2.19 bits per heavy atom. The van der Waals surface area contributed by atoms with Crippen molar-refractivity contribution >= 4 is 15.8 Å². The predicted molar refractivity (Wildman–Crippen MR) is 107 cm³/mol. The molecular weight excluding hydrogens is 348 g/mol. The molecule has 2 aliphatic carbocycles. The number of sulfonamides is 1. The van der Waals surface area contributed by atoms with E-state index < -0.39 is 15.4 Å². The highest BCUT2D eigenvalue weighted by molar-refractivity contribution is 7.89. The van der Waals surface area contributed by atoms with Crippen LogP contribution < -0.4 is 0 Å². The summed E-state index contributed by atoms with van der Waals surface area (Å²) in [4.78, 5) is 15.0. The quantitative estimate of drug-likeness (QED) is 0.579. The number of nitrogens with zero attached hydrogens (tertiary/aromatic N) is 2. The number of hydrogen-bond acceptors (Lipinski definition) is 4. The van der Waals surface area contributed by atoms with E-state index in [0.717, 1.165) is 32.5 Å².